The van der Waals surface area contributed by atoms with Crippen molar-refractivity contribution in [3.63, 3.8) is 0 Å². The number of aliphatic hydroxyl groups is 1. The van der Waals surface area contributed by atoms with Crippen molar-refractivity contribution in [2.24, 2.45) is 0 Å². The average molecular weight is 279 g/mol. The molecule has 0 radical (unpaired) electrons. The summed E-state index contributed by atoms with van der Waals surface area (Å²) in [6, 6.07) is 10.7. The molecular formula is C17H29NO2. The van der Waals surface area contributed by atoms with Gasteiger partial charge in [0.15, 0.2) is 0 Å². The van der Waals surface area contributed by atoms with E-state index in [1.165, 1.54) is 5.56 Å². The largest absolute Gasteiger partial charge is 0.389 e. The summed E-state index contributed by atoms with van der Waals surface area (Å²) < 4.78 is 5.65. The second-order valence-electron chi connectivity index (χ2n) is 6.59. The lowest BCUT2D eigenvalue weighted by atomic mass is 10.1. The van der Waals surface area contributed by atoms with Crippen molar-refractivity contribution >= 4 is 0 Å². The Morgan fingerprint density at radius 2 is 1.75 bits per heavy atom. The van der Waals surface area contributed by atoms with E-state index in [0.29, 0.717) is 19.2 Å². The molecule has 1 atom stereocenters. The molecule has 1 aromatic carbocycles. The van der Waals surface area contributed by atoms with Gasteiger partial charge >= 0.3 is 0 Å². The van der Waals surface area contributed by atoms with Crippen molar-refractivity contribution in [2.45, 2.75) is 58.9 Å². The van der Waals surface area contributed by atoms with Crippen molar-refractivity contribution in [1.29, 1.82) is 0 Å². The molecule has 3 heteroatoms. The van der Waals surface area contributed by atoms with Gasteiger partial charge in [0, 0.05) is 19.1 Å². The van der Waals surface area contributed by atoms with Gasteiger partial charge in [-0.25, -0.2) is 0 Å². The van der Waals surface area contributed by atoms with Crippen LogP contribution in [0.25, 0.3) is 0 Å². The fourth-order valence-electron chi connectivity index (χ4n) is 1.95. The normalized spacial score (nSPS) is 14.0. The minimum Gasteiger partial charge on any atom is -0.389 e. The predicted octanol–water partition coefficient (Wildman–Crippen LogP) is 3.07. The highest BCUT2D eigenvalue weighted by Gasteiger charge is 2.18. The molecule has 0 saturated carbocycles. The number of hydrogen-bond donors (Lipinski definition) is 1. The molecule has 3 nitrogen and oxygen atoms in total. The lowest BCUT2D eigenvalue weighted by Crippen LogP contribution is -2.40. The van der Waals surface area contributed by atoms with E-state index in [-0.39, 0.29) is 5.60 Å². The van der Waals surface area contributed by atoms with Gasteiger partial charge in [-0.15, -0.1) is 0 Å². The van der Waals surface area contributed by atoms with E-state index in [9.17, 15) is 5.11 Å². The van der Waals surface area contributed by atoms with Crippen molar-refractivity contribution in [2.75, 3.05) is 13.2 Å². The topological polar surface area (TPSA) is 32.7 Å². The molecule has 0 amide bonds. The Kier molecular flexibility index (Phi) is 6.66. The molecule has 1 aromatic rings. The molecule has 1 N–H and O–H groups in total. The van der Waals surface area contributed by atoms with Gasteiger partial charge in [0.25, 0.3) is 0 Å². The fraction of sp³-hybridized carbons (Fsp3) is 0.647. The Hall–Kier alpha value is -0.900. The van der Waals surface area contributed by atoms with Crippen LogP contribution in [0, 0.1) is 0 Å². The molecule has 0 fully saturated rings. The van der Waals surface area contributed by atoms with Gasteiger partial charge in [-0.2, -0.15) is 0 Å². The van der Waals surface area contributed by atoms with E-state index in [2.05, 4.69) is 30.9 Å². The summed E-state index contributed by atoms with van der Waals surface area (Å²) in [7, 11) is 0. The van der Waals surface area contributed by atoms with Crippen LogP contribution in [0.3, 0.4) is 0 Å². The third kappa shape index (κ3) is 7.04. The van der Waals surface area contributed by atoms with E-state index in [1.54, 1.807) is 0 Å². The zero-order valence-corrected chi connectivity index (χ0v) is 13.5. The van der Waals surface area contributed by atoms with Crippen LogP contribution in [0.1, 0.15) is 40.2 Å². The molecule has 1 unspecified atom stereocenters. The first-order valence-electron chi connectivity index (χ1n) is 7.38. The Morgan fingerprint density at radius 1 is 1.15 bits per heavy atom. The number of benzene rings is 1. The highest BCUT2D eigenvalue weighted by Crippen LogP contribution is 2.11. The summed E-state index contributed by atoms with van der Waals surface area (Å²) >= 11 is 0. The molecule has 1 rings (SSSR count). The number of ether oxygens (including phenoxy) is 1. The van der Waals surface area contributed by atoms with E-state index in [0.717, 1.165) is 6.54 Å². The summed E-state index contributed by atoms with van der Waals surface area (Å²) in [4.78, 5) is 2.27. The lowest BCUT2D eigenvalue weighted by molar-refractivity contribution is -0.0587. The monoisotopic (exact) mass is 279 g/mol. The van der Waals surface area contributed by atoms with Crippen LogP contribution < -0.4 is 0 Å². The van der Waals surface area contributed by atoms with Crippen LogP contribution in [0.5, 0.6) is 0 Å². The van der Waals surface area contributed by atoms with Crippen LogP contribution in [-0.2, 0) is 11.3 Å². The molecule has 0 bridgehead atoms. The number of rotatable bonds is 7. The van der Waals surface area contributed by atoms with Gasteiger partial charge in [0.1, 0.15) is 0 Å². The maximum atomic E-state index is 10.1. The Morgan fingerprint density at radius 3 is 2.25 bits per heavy atom. The van der Waals surface area contributed by atoms with Gasteiger partial charge in [-0.1, -0.05) is 30.3 Å². The molecule has 0 saturated heterocycles. The van der Waals surface area contributed by atoms with Crippen LogP contribution in [0.15, 0.2) is 30.3 Å². The summed E-state index contributed by atoms with van der Waals surface area (Å²) in [6.07, 6.45) is -0.458. The fourth-order valence-corrected chi connectivity index (χ4v) is 1.95. The highest BCUT2D eigenvalue weighted by molar-refractivity contribution is 5.14. The Labute approximate surface area is 123 Å². The van der Waals surface area contributed by atoms with E-state index in [4.69, 9.17) is 4.74 Å². The Bertz CT molecular complexity index is 370. The van der Waals surface area contributed by atoms with Crippen LogP contribution in [-0.4, -0.2) is 40.9 Å². The van der Waals surface area contributed by atoms with Crippen LogP contribution in [0.4, 0.5) is 0 Å². The second-order valence-corrected chi connectivity index (χ2v) is 6.59. The zero-order valence-electron chi connectivity index (χ0n) is 13.5. The van der Waals surface area contributed by atoms with Crippen molar-refractivity contribution < 1.29 is 9.84 Å². The van der Waals surface area contributed by atoms with Gasteiger partial charge in [0.05, 0.1) is 18.3 Å². The number of hydrogen-bond acceptors (Lipinski definition) is 3. The quantitative estimate of drug-likeness (QED) is 0.832. The predicted molar refractivity (Wildman–Crippen MR) is 83.7 cm³/mol. The first kappa shape index (κ1) is 17.2. The summed E-state index contributed by atoms with van der Waals surface area (Å²) in [5.41, 5.74) is 1.06. The van der Waals surface area contributed by atoms with Gasteiger partial charge in [0.2, 0.25) is 0 Å². The van der Waals surface area contributed by atoms with Crippen molar-refractivity contribution in [1.82, 2.24) is 4.90 Å². The third-order valence-electron chi connectivity index (χ3n) is 3.11. The van der Waals surface area contributed by atoms with Crippen molar-refractivity contribution in [3.05, 3.63) is 35.9 Å². The molecule has 0 aromatic heterocycles. The molecule has 0 aliphatic rings. The summed E-state index contributed by atoms with van der Waals surface area (Å²) in [5.74, 6) is 0. The standard InChI is InChI=1S/C17H29NO2/c1-14(2)18(11-15-9-7-6-8-10-15)12-16(19)13-20-17(3,4)5/h6-10,14,16,19H,11-13H2,1-5H3. The second kappa shape index (κ2) is 7.77. The first-order chi connectivity index (χ1) is 9.28. The maximum absolute atomic E-state index is 10.1. The molecular weight excluding hydrogens is 250 g/mol. The third-order valence-corrected chi connectivity index (χ3v) is 3.11. The molecule has 0 spiro atoms. The number of nitrogens with zero attached hydrogens (tertiary/aromatic N) is 1. The summed E-state index contributed by atoms with van der Waals surface area (Å²) in [6.45, 7) is 12.2. The Balaban J connectivity index is 2.51. The highest BCUT2D eigenvalue weighted by atomic mass is 16.5. The van der Waals surface area contributed by atoms with E-state index >= 15 is 0 Å². The zero-order chi connectivity index (χ0) is 15.2. The van der Waals surface area contributed by atoms with E-state index < -0.39 is 6.10 Å². The van der Waals surface area contributed by atoms with Gasteiger partial charge < -0.3 is 9.84 Å². The smallest absolute Gasteiger partial charge is 0.0900 e. The first-order valence-corrected chi connectivity index (χ1v) is 7.38. The van der Waals surface area contributed by atoms with Gasteiger partial charge in [-0.3, -0.25) is 4.90 Å². The molecule has 0 heterocycles. The SMILES string of the molecule is CC(C)N(Cc1ccccc1)CC(O)COC(C)(C)C. The molecule has 20 heavy (non-hydrogen) atoms. The minimum absolute atomic E-state index is 0.205. The molecule has 0 aliphatic carbocycles. The summed E-state index contributed by atoms with van der Waals surface area (Å²) in [5, 5.41) is 10.1. The molecule has 0 aliphatic heterocycles. The lowest BCUT2D eigenvalue weighted by Gasteiger charge is -2.30. The van der Waals surface area contributed by atoms with Gasteiger partial charge in [-0.05, 0) is 40.2 Å². The van der Waals surface area contributed by atoms with Crippen molar-refractivity contribution in [3.8, 4) is 0 Å². The average Bonchev–Trinajstić information content (AvgIpc) is 2.36. The molecule has 114 valence electrons. The minimum atomic E-state index is -0.458. The maximum Gasteiger partial charge on any atom is 0.0900 e. The van der Waals surface area contributed by atoms with E-state index in [1.807, 2.05) is 39.0 Å². The van der Waals surface area contributed by atoms with Crippen LogP contribution >= 0.6 is 0 Å². The number of aliphatic hydroxyl groups excluding tert-OH is 1. The van der Waals surface area contributed by atoms with Crippen LogP contribution in [0.2, 0.25) is 0 Å².